The highest BCUT2D eigenvalue weighted by Gasteiger charge is 2.54. The van der Waals surface area contributed by atoms with Gasteiger partial charge in [-0.15, -0.1) is 0 Å². The Morgan fingerprint density at radius 1 is 0.958 bits per heavy atom. The summed E-state index contributed by atoms with van der Waals surface area (Å²) < 4.78 is 11.9. The van der Waals surface area contributed by atoms with E-state index in [-0.39, 0.29) is 5.66 Å². The Hall–Kier alpha value is 0.850. The summed E-state index contributed by atoms with van der Waals surface area (Å²) in [5.41, 5.74) is -0.0112. The topological polar surface area (TPSA) is 45.8 Å². The molecule has 4 atom stereocenters. The lowest BCUT2D eigenvalue weighted by Gasteiger charge is -2.58. The molecule has 24 heavy (non-hydrogen) atoms. The van der Waals surface area contributed by atoms with Gasteiger partial charge in [0.1, 0.15) is 5.66 Å². The Balaban J connectivity index is 1.64. The van der Waals surface area contributed by atoms with Gasteiger partial charge in [0.2, 0.25) is 0 Å². The van der Waals surface area contributed by atoms with Crippen LogP contribution < -0.4 is 10.6 Å². The number of piperazine rings is 1. The molecule has 0 spiro atoms. The lowest BCUT2D eigenvalue weighted by atomic mass is 9.87. The van der Waals surface area contributed by atoms with Crippen molar-refractivity contribution in [3.8, 4) is 0 Å². The van der Waals surface area contributed by atoms with Crippen molar-refractivity contribution in [3.63, 3.8) is 0 Å². The molecule has 4 fully saturated rings. The SMILES string of the molecule is C1CNC(C2CSCCS2)(N2CCOCC2)C(C2CSCCO2)N1. The highest BCUT2D eigenvalue weighted by molar-refractivity contribution is 8.06. The molecule has 0 aromatic carbocycles. The Morgan fingerprint density at radius 3 is 2.58 bits per heavy atom. The molecular weight excluding hydrogens is 362 g/mol. The predicted octanol–water partition coefficient (Wildman–Crippen LogP) is 0.557. The average molecular weight is 392 g/mol. The molecule has 0 bridgehead atoms. The van der Waals surface area contributed by atoms with E-state index in [9.17, 15) is 0 Å². The van der Waals surface area contributed by atoms with E-state index in [2.05, 4.69) is 39.1 Å². The van der Waals surface area contributed by atoms with Crippen LogP contribution in [0.1, 0.15) is 0 Å². The van der Waals surface area contributed by atoms with Crippen LogP contribution in [0, 0.1) is 0 Å². The molecule has 4 aliphatic heterocycles. The van der Waals surface area contributed by atoms with E-state index in [0.717, 1.165) is 57.5 Å². The zero-order valence-corrected chi connectivity index (χ0v) is 16.7. The minimum atomic E-state index is -0.0112. The van der Waals surface area contributed by atoms with E-state index in [4.69, 9.17) is 9.47 Å². The van der Waals surface area contributed by atoms with Crippen LogP contribution in [0.3, 0.4) is 0 Å². The minimum Gasteiger partial charge on any atom is -0.379 e. The molecule has 0 aliphatic carbocycles. The fourth-order valence-corrected chi connectivity index (χ4v) is 8.35. The second-order valence-electron chi connectivity index (χ2n) is 6.70. The molecule has 4 unspecified atom stereocenters. The van der Waals surface area contributed by atoms with Crippen LogP contribution in [0.25, 0.3) is 0 Å². The Morgan fingerprint density at radius 2 is 1.83 bits per heavy atom. The summed E-state index contributed by atoms with van der Waals surface area (Å²) in [6.07, 6.45) is 0.298. The quantitative estimate of drug-likeness (QED) is 0.724. The predicted molar refractivity (Wildman–Crippen MR) is 106 cm³/mol. The third-order valence-electron chi connectivity index (χ3n) is 5.43. The molecule has 5 nitrogen and oxygen atoms in total. The van der Waals surface area contributed by atoms with E-state index in [1.54, 1.807) is 0 Å². The molecule has 4 aliphatic rings. The maximum Gasteiger partial charge on any atom is 0.103 e. The number of nitrogens with zero attached hydrogens (tertiary/aromatic N) is 1. The molecule has 138 valence electrons. The van der Waals surface area contributed by atoms with Crippen LogP contribution >= 0.6 is 35.3 Å². The van der Waals surface area contributed by atoms with Crippen LogP contribution in [0.5, 0.6) is 0 Å². The van der Waals surface area contributed by atoms with Crippen LogP contribution in [0.15, 0.2) is 0 Å². The van der Waals surface area contributed by atoms with Crippen LogP contribution in [0.2, 0.25) is 0 Å². The van der Waals surface area contributed by atoms with E-state index in [1.807, 2.05) is 11.8 Å². The summed E-state index contributed by atoms with van der Waals surface area (Å²) in [5, 5.41) is 8.47. The number of ether oxygens (including phenoxy) is 2. The molecule has 0 aromatic heterocycles. The summed E-state index contributed by atoms with van der Waals surface area (Å²) >= 11 is 6.32. The third kappa shape index (κ3) is 3.63. The van der Waals surface area contributed by atoms with Crippen molar-refractivity contribution < 1.29 is 9.47 Å². The molecular formula is C16H29N3O2S3. The first-order valence-electron chi connectivity index (χ1n) is 9.11. The van der Waals surface area contributed by atoms with Crippen LogP contribution in [0.4, 0.5) is 0 Å². The van der Waals surface area contributed by atoms with Gasteiger partial charge in [0, 0.05) is 60.2 Å². The smallest absolute Gasteiger partial charge is 0.103 e. The summed E-state index contributed by atoms with van der Waals surface area (Å²) in [6.45, 7) is 6.70. The van der Waals surface area contributed by atoms with Crippen LogP contribution in [-0.2, 0) is 9.47 Å². The number of morpholine rings is 1. The molecule has 0 aromatic rings. The molecule has 4 rings (SSSR count). The van der Waals surface area contributed by atoms with Crippen molar-refractivity contribution in [2.75, 3.05) is 74.8 Å². The monoisotopic (exact) mass is 391 g/mol. The summed E-state index contributed by atoms with van der Waals surface area (Å²) in [7, 11) is 0. The van der Waals surface area contributed by atoms with E-state index in [0.29, 0.717) is 17.4 Å². The Labute approximate surface area is 158 Å². The van der Waals surface area contributed by atoms with Crippen molar-refractivity contribution in [3.05, 3.63) is 0 Å². The second-order valence-corrected chi connectivity index (χ2v) is 10.3. The van der Waals surface area contributed by atoms with Crippen molar-refractivity contribution in [1.29, 1.82) is 0 Å². The van der Waals surface area contributed by atoms with Gasteiger partial charge in [-0.25, -0.2) is 0 Å². The second kappa shape index (κ2) is 8.69. The largest absolute Gasteiger partial charge is 0.379 e. The van der Waals surface area contributed by atoms with Crippen molar-refractivity contribution >= 4 is 35.3 Å². The molecule has 2 N–H and O–H groups in total. The first-order valence-corrected chi connectivity index (χ1v) is 12.5. The number of nitrogens with one attached hydrogen (secondary N) is 2. The fourth-order valence-electron chi connectivity index (χ4n) is 4.37. The highest BCUT2D eigenvalue weighted by atomic mass is 32.2. The number of hydrogen-bond donors (Lipinski definition) is 2. The van der Waals surface area contributed by atoms with Crippen molar-refractivity contribution in [1.82, 2.24) is 15.5 Å². The van der Waals surface area contributed by atoms with Gasteiger partial charge in [-0.2, -0.15) is 35.3 Å². The number of hydrogen-bond acceptors (Lipinski definition) is 8. The van der Waals surface area contributed by atoms with Gasteiger partial charge in [0.05, 0.1) is 32.0 Å². The van der Waals surface area contributed by atoms with Gasteiger partial charge < -0.3 is 14.8 Å². The summed E-state index contributed by atoms with van der Waals surface area (Å²) in [5.74, 6) is 6.02. The molecule has 0 amide bonds. The minimum absolute atomic E-state index is 0.0112. The zero-order chi connectivity index (χ0) is 16.2. The van der Waals surface area contributed by atoms with Crippen molar-refractivity contribution in [2.24, 2.45) is 0 Å². The number of rotatable bonds is 3. The first-order chi connectivity index (χ1) is 11.9. The molecule has 8 heteroatoms. The molecule has 4 saturated heterocycles. The number of thioether (sulfide) groups is 3. The molecule has 0 radical (unpaired) electrons. The summed E-state index contributed by atoms with van der Waals surface area (Å²) in [6, 6.07) is 0.355. The maximum atomic E-state index is 6.26. The van der Waals surface area contributed by atoms with Gasteiger partial charge in [0.15, 0.2) is 0 Å². The van der Waals surface area contributed by atoms with Gasteiger partial charge in [-0.05, 0) is 0 Å². The lowest BCUT2D eigenvalue weighted by molar-refractivity contribution is -0.0920. The highest BCUT2D eigenvalue weighted by Crippen LogP contribution is 2.39. The normalized spacial score (nSPS) is 42.8. The molecule has 4 heterocycles. The first kappa shape index (κ1) is 18.2. The van der Waals surface area contributed by atoms with E-state index < -0.39 is 0 Å². The average Bonchev–Trinajstić information content (AvgIpc) is 2.70. The maximum absolute atomic E-state index is 6.26. The third-order valence-corrected chi connectivity index (χ3v) is 9.35. The standard InChI is InChI=1S/C16H29N3O2S3/c1-2-18-16(14-12-23-9-10-24-14,19-3-5-20-6-4-19)15(17-1)13-11-22-8-7-21-13/h13-15,17-18H,1-12H2. The lowest BCUT2D eigenvalue weighted by Crippen LogP contribution is -2.81. The van der Waals surface area contributed by atoms with E-state index >= 15 is 0 Å². The van der Waals surface area contributed by atoms with Gasteiger partial charge in [-0.1, -0.05) is 0 Å². The van der Waals surface area contributed by atoms with Gasteiger partial charge in [0.25, 0.3) is 0 Å². The Kier molecular flexibility index (Phi) is 6.60. The van der Waals surface area contributed by atoms with Gasteiger partial charge >= 0.3 is 0 Å². The fraction of sp³-hybridized carbons (Fsp3) is 1.00. The van der Waals surface area contributed by atoms with Gasteiger partial charge in [-0.3, -0.25) is 10.2 Å². The zero-order valence-electron chi connectivity index (χ0n) is 14.2. The van der Waals surface area contributed by atoms with Crippen LogP contribution in [-0.4, -0.2) is 103 Å². The summed E-state index contributed by atoms with van der Waals surface area (Å²) in [4.78, 5) is 2.68. The molecule has 0 saturated carbocycles. The Bertz CT molecular complexity index is 382. The van der Waals surface area contributed by atoms with E-state index in [1.165, 1.54) is 17.3 Å². The van der Waals surface area contributed by atoms with Crippen molar-refractivity contribution in [2.45, 2.75) is 23.1 Å².